The highest BCUT2D eigenvalue weighted by Gasteiger charge is 1.99. The normalized spacial score (nSPS) is 12.5. The lowest BCUT2D eigenvalue weighted by Crippen LogP contribution is -2.05. The second kappa shape index (κ2) is 3.56. The Balaban J connectivity index is 2.95. The molecular weight excluding hydrogens is 158 g/mol. The average Bonchev–Trinajstić information content (AvgIpc) is 2.03. The van der Waals surface area contributed by atoms with E-state index in [2.05, 4.69) is 6.58 Å². The van der Waals surface area contributed by atoms with Gasteiger partial charge in [0, 0.05) is 11.1 Å². The van der Waals surface area contributed by atoms with E-state index in [1.165, 1.54) is 0 Å². The Hall–Kier alpha value is -0.790. The molecule has 0 fully saturated rings. The van der Waals surface area contributed by atoms with E-state index in [9.17, 15) is 0 Å². The number of hydrogen-bond donors (Lipinski definition) is 1. The molecule has 58 valence electrons. The summed E-state index contributed by atoms with van der Waals surface area (Å²) >= 11 is 5.76. The van der Waals surface area contributed by atoms with Crippen molar-refractivity contribution in [3.05, 3.63) is 47.5 Å². The third kappa shape index (κ3) is 2.07. The second-order valence-corrected chi connectivity index (χ2v) is 2.75. The first-order valence-electron chi connectivity index (χ1n) is 3.37. The maximum absolute atomic E-state index is 5.76. The molecule has 0 spiro atoms. The molecule has 0 aliphatic rings. The molecule has 1 atom stereocenters. The molecule has 0 radical (unpaired) electrons. The Labute approximate surface area is 71.5 Å². The molecule has 0 bridgehead atoms. The summed E-state index contributed by atoms with van der Waals surface area (Å²) in [6.45, 7) is 3.60. The van der Waals surface area contributed by atoms with Gasteiger partial charge < -0.3 is 5.73 Å². The van der Waals surface area contributed by atoms with E-state index in [0.717, 1.165) is 5.56 Å². The van der Waals surface area contributed by atoms with Crippen molar-refractivity contribution in [2.75, 3.05) is 0 Å². The number of nitrogens with two attached hydrogens (primary N) is 1. The summed E-state index contributed by atoms with van der Waals surface area (Å²) in [5, 5.41) is 0.708. The molecule has 0 saturated carbocycles. The molecule has 11 heavy (non-hydrogen) atoms. The lowest BCUT2D eigenvalue weighted by Gasteiger charge is -2.05. The van der Waals surface area contributed by atoms with E-state index in [1.807, 2.05) is 24.3 Å². The van der Waals surface area contributed by atoms with Gasteiger partial charge in [0.25, 0.3) is 0 Å². The van der Waals surface area contributed by atoms with Crippen molar-refractivity contribution < 1.29 is 0 Å². The molecular formula is C9H10ClN. The quantitative estimate of drug-likeness (QED) is 0.674. The van der Waals surface area contributed by atoms with E-state index in [0.29, 0.717) is 5.02 Å². The smallest absolute Gasteiger partial charge is 0.0479 e. The first-order valence-corrected chi connectivity index (χ1v) is 3.75. The summed E-state index contributed by atoms with van der Waals surface area (Å²) in [6, 6.07) is 7.35. The SMILES string of the molecule is C=C[C@@H](N)c1cccc(Cl)c1. The van der Waals surface area contributed by atoms with Crippen molar-refractivity contribution in [3.8, 4) is 0 Å². The average molecular weight is 168 g/mol. The molecule has 2 heteroatoms. The maximum atomic E-state index is 5.76. The van der Waals surface area contributed by atoms with E-state index < -0.39 is 0 Å². The lowest BCUT2D eigenvalue weighted by molar-refractivity contribution is 0.915. The van der Waals surface area contributed by atoms with Crippen molar-refractivity contribution >= 4 is 11.6 Å². The minimum absolute atomic E-state index is 0.117. The predicted molar refractivity (Wildman–Crippen MR) is 48.6 cm³/mol. The van der Waals surface area contributed by atoms with Crippen LogP contribution >= 0.6 is 11.6 Å². The highest BCUT2D eigenvalue weighted by Crippen LogP contribution is 2.15. The second-order valence-electron chi connectivity index (χ2n) is 2.32. The third-order valence-electron chi connectivity index (χ3n) is 1.49. The molecule has 0 saturated heterocycles. The van der Waals surface area contributed by atoms with Crippen LogP contribution in [0.4, 0.5) is 0 Å². The molecule has 1 aromatic carbocycles. The summed E-state index contributed by atoms with van der Waals surface area (Å²) in [6.07, 6.45) is 1.69. The minimum atomic E-state index is -0.117. The first-order chi connectivity index (χ1) is 5.24. The molecule has 2 N–H and O–H groups in total. The summed E-state index contributed by atoms with van der Waals surface area (Å²) in [5.74, 6) is 0. The molecule has 0 aliphatic heterocycles. The van der Waals surface area contributed by atoms with E-state index in [4.69, 9.17) is 17.3 Å². The van der Waals surface area contributed by atoms with E-state index in [1.54, 1.807) is 6.08 Å². The van der Waals surface area contributed by atoms with Gasteiger partial charge in [0.1, 0.15) is 0 Å². The Morgan fingerprint density at radius 1 is 1.55 bits per heavy atom. The number of halogens is 1. The van der Waals surface area contributed by atoms with Crippen molar-refractivity contribution in [2.45, 2.75) is 6.04 Å². The van der Waals surface area contributed by atoms with Gasteiger partial charge in [0.05, 0.1) is 0 Å². The summed E-state index contributed by atoms with van der Waals surface area (Å²) in [4.78, 5) is 0. The number of hydrogen-bond acceptors (Lipinski definition) is 1. The topological polar surface area (TPSA) is 26.0 Å². The van der Waals surface area contributed by atoms with Crippen molar-refractivity contribution in [1.29, 1.82) is 0 Å². The van der Waals surface area contributed by atoms with Crippen LogP contribution in [0.5, 0.6) is 0 Å². The molecule has 0 unspecified atom stereocenters. The first kappa shape index (κ1) is 8.31. The zero-order valence-corrected chi connectivity index (χ0v) is 6.88. The van der Waals surface area contributed by atoms with Crippen LogP contribution in [-0.4, -0.2) is 0 Å². The standard InChI is InChI=1S/C9H10ClN/c1-2-9(11)7-4-3-5-8(10)6-7/h2-6,9H,1,11H2/t9-/m1/s1. The molecule has 0 aromatic heterocycles. The van der Waals surface area contributed by atoms with Crippen LogP contribution in [0.15, 0.2) is 36.9 Å². The van der Waals surface area contributed by atoms with Gasteiger partial charge in [0.15, 0.2) is 0 Å². The minimum Gasteiger partial charge on any atom is -0.321 e. The third-order valence-corrected chi connectivity index (χ3v) is 1.72. The van der Waals surface area contributed by atoms with Gasteiger partial charge in [0.2, 0.25) is 0 Å². The maximum Gasteiger partial charge on any atom is 0.0479 e. The Morgan fingerprint density at radius 3 is 2.82 bits per heavy atom. The fourth-order valence-corrected chi connectivity index (χ4v) is 1.05. The van der Waals surface area contributed by atoms with Gasteiger partial charge in [-0.25, -0.2) is 0 Å². The fourth-order valence-electron chi connectivity index (χ4n) is 0.850. The van der Waals surface area contributed by atoms with Crippen molar-refractivity contribution in [1.82, 2.24) is 0 Å². The Morgan fingerprint density at radius 2 is 2.27 bits per heavy atom. The summed E-state index contributed by atoms with van der Waals surface area (Å²) in [7, 11) is 0. The Bertz CT molecular complexity index is 257. The van der Waals surface area contributed by atoms with Crippen LogP contribution in [-0.2, 0) is 0 Å². The highest BCUT2D eigenvalue weighted by atomic mass is 35.5. The van der Waals surface area contributed by atoms with Crippen LogP contribution in [0.3, 0.4) is 0 Å². The van der Waals surface area contributed by atoms with Crippen LogP contribution in [0.25, 0.3) is 0 Å². The van der Waals surface area contributed by atoms with Gasteiger partial charge in [-0.3, -0.25) is 0 Å². The summed E-state index contributed by atoms with van der Waals surface area (Å²) in [5.41, 5.74) is 6.68. The van der Waals surface area contributed by atoms with E-state index >= 15 is 0 Å². The van der Waals surface area contributed by atoms with Gasteiger partial charge >= 0.3 is 0 Å². The molecule has 0 heterocycles. The van der Waals surface area contributed by atoms with Gasteiger partial charge in [-0.15, -0.1) is 6.58 Å². The predicted octanol–water partition coefficient (Wildman–Crippen LogP) is 2.53. The van der Waals surface area contributed by atoms with E-state index in [-0.39, 0.29) is 6.04 Å². The molecule has 1 aromatic rings. The van der Waals surface area contributed by atoms with Crippen LogP contribution < -0.4 is 5.73 Å². The van der Waals surface area contributed by atoms with Crippen molar-refractivity contribution in [3.63, 3.8) is 0 Å². The lowest BCUT2D eigenvalue weighted by atomic mass is 10.1. The molecule has 1 rings (SSSR count). The van der Waals surface area contributed by atoms with Gasteiger partial charge in [-0.05, 0) is 17.7 Å². The highest BCUT2D eigenvalue weighted by molar-refractivity contribution is 6.30. The van der Waals surface area contributed by atoms with Crippen LogP contribution in [0.2, 0.25) is 5.02 Å². The van der Waals surface area contributed by atoms with Gasteiger partial charge in [-0.1, -0.05) is 29.8 Å². The Kier molecular flexibility index (Phi) is 2.69. The molecule has 1 nitrogen and oxygen atoms in total. The van der Waals surface area contributed by atoms with Gasteiger partial charge in [-0.2, -0.15) is 0 Å². The fraction of sp³-hybridized carbons (Fsp3) is 0.111. The zero-order chi connectivity index (χ0) is 8.27. The van der Waals surface area contributed by atoms with Crippen LogP contribution in [0, 0.1) is 0 Å². The monoisotopic (exact) mass is 167 g/mol. The molecule has 0 aliphatic carbocycles. The molecule has 0 amide bonds. The largest absolute Gasteiger partial charge is 0.321 e. The van der Waals surface area contributed by atoms with Crippen molar-refractivity contribution in [2.24, 2.45) is 5.73 Å². The summed E-state index contributed by atoms with van der Waals surface area (Å²) < 4.78 is 0. The van der Waals surface area contributed by atoms with Crippen LogP contribution in [0.1, 0.15) is 11.6 Å². The number of benzene rings is 1. The number of rotatable bonds is 2. The zero-order valence-electron chi connectivity index (χ0n) is 6.13.